The first-order valence-corrected chi connectivity index (χ1v) is 6.30. The van der Waals surface area contributed by atoms with Crippen LogP contribution in [0.3, 0.4) is 0 Å². The van der Waals surface area contributed by atoms with E-state index in [1.54, 1.807) is 19.1 Å². The Morgan fingerprint density at radius 2 is 2.10 bits per heavy atom. The van der Waals surface area contributed by atoms with E-state index >= 15 is 0 Å². The van der Waals surface area contributed by atoms with Crippen molar-refractivity contribution in [3.05, 3.63) is 42.0 Å². The Kier molecular flexibility index (Phi) is 4.14. The number of aromatic amines is 1. The maximum absolute atomic E-state index is 11.9. The molecule has 1 aromatic heterocycles. The Balaban J connectivity index is 2.16. The summed E-state index contributed by atoms with van der Waals surface area (Å²) in [5.41, 5.74) is 2.60. The number of carbonyl (C=O) groups excluding carboxylic acids is 2. The summed E-state index contributed by atoms with van der Waals surface area (Å²) in [7, 11) is 0. The van der Waals surface area contributed by atoms with Gasteiger partial charge in [0.2, 0.25) is 5.91 Å². The van der Waals surface area contributed by atoms with Crippen molar-refractivity contribution in [1.29, 1.82) is 0 Å². The normalized spacial score (nSPS) is 10.1. The van der Waals surface area contributed by atoms with E-state index in [2.05, 4.69) is 20.6 Å². The maximum atomic E-state index is 11.9. The fourth-order valence-electron chi connectivity index (χ4n) is 1.65. The molecular formula is C14H16N4O2. The summed E-state index contributed by atoms with van der Waals surface area (Å²) in [5.74, 6) is -0.343. The molecule has 0 bridgehead atoms. The molecule has 0 unspecified atom stereocenters. The fourth-order valence-corrected chi connectivity index (χ4v) is 1.65. The van der Waals surface area contributed by atoms with Crippen LogP contribution in [0.2, 0.25) is 0 Å². The van der Waals surface area contributed by atoms with Gasteiger partial charge in [0.25, 0.3) is 5.91 Å². The third-order valence-corrected chi connectivity index (χ3v) is 2.83. The predicted octanol–water partition coefficient (Wildman–Crippen LogP) is 2.32. The van der Waals surface area contributed by atoms with Crippen molar-refractivity contribution in [2.45, 2.75) is 20.3 Å². The molecule has 2 amide bonds. The van der Waals surface area contributed by atoms with Gasteiger partial charge in [-0.05, 0) is 24.6 Å². The molecule has 0 aliphatic carbocycles. The summed E-state index contributed by atoms with van der Waals surface area (Å²) in [6.07, 6.45) is 3.30. The first-order chi connectivity index (χ1) is 9.60. The third-order valence-electron chi connectivity index (χ3n) is 2.83. The average Bonchev–Trinajstić information content (AvgIpc) is 2.96. The predicted molar refractivity (Wildman–Crippen MR) is 76.6 cm³/mol. The molecule has 0 aliphatic rings. The Morgan fingerprint density at radius 3 is 2.75 bits per heavy atom. The minimum Gasteiger partial charge on any atom is -0.341 e. The quantitative estimate of drug-likeness (QED) is 0.798. The van der Waals surface area contributed by atoms with Crippen molar-refractivity contribution in [1.82, 2.24) is 9.97 Å². The molecule has 0 radical (unpaired) electrons. The first kappa shape index (κ1) is 13.8. The lowest BCUT2D eigenvalue weighted by Gasteiger charge is -2.10. The highest BCUT2D eigenvalue weighted by molar-refractivity contribution is 6.03. The van der Waals surface area contributed by atoms with Crippen molar-refractivity contribution in [3.63, 3.8) is 0 Å². The number of benzene rings is 1. The molecule has 0 atom stereocenters. The summed E-state index contributed by atoms with van der Waals surface area (Å²) in [6.45, 7) is 3.67. The number of rotatable bonds is 4. The van der Waals surface area contributed by atoms with E-state index in [9.17, 15) is 9.59 Å². The lowest BCUT2D eigenvalue weighted by atomic mass is 10.1. The van der Waals surface area contributed by atoms with E-state index in [0.717, 1.165) is 5.56 Å². The zero-order chi connectivity index (χ0) is 14.5. The molecule has 0 aliphatic heterocycles. The zero-order valence-corrected chi connectivity index (χ0v) is 11.4. The van der Waals surface area contributed by atoms with Gasteiger partial charge in [0.15, 0.2) is 0 Å². The van der Waals surface area contributed by atoms with Gasteiger partial charge < -0.3 is 15.6 Å². The number of hydrogen-bond acceptors (Lipinski definition) is 3. The van der Waals surface area contributed by atoms with Gasteiger partial charge in [-0.15, -0.1) is 0 Å². The Labute approximate surface area is 116 Å². The van der Waals surface area contributed by atoms with Gasteiger partial charge in [-0.25, -0.2) is 4.98 Å². The number of amides is 2. The van der Waals surface area contributed by atoms with Crippen LogP contribution in [0.1, 0.15) is 29.4 Å². The largest absolute Gasteiger partial charge is 0.341 e. The van der Waals surface area contributed by atoms with E-state index in [4.69, 9.17) is 0 Å². The summed E-state index contributed by atoms with van der Waals surface area (Å²) in [6, 6.07) is 5.37. The lowest BCUT2D eigenvalue weighted by molar-refractivity contribution is -0.115. The number of aryl methyl sites for hydroxylation is 1. The molecule has 104 valence electrons. The Hall–Kier alpha value is -2.63. The van der Waals surface area contributed by atoms with E-state index in [1.165, 1.54) is 12.5 Å². The van der Waals surface area contributed by atoms with Gasteiger partial charge in [0.1, 0.15) is 5.69 Å². The van der Waals surface area contributed by atoms with Crippen molar-refractivity contribution >= 4 is 23.2 Å². The number of carbonyl (C=O) groups is 2. The van der Waals surface area contributed by atoms with Crippen molar-refractivity contribution in [2.75, 3.05) is 10.6 Å². The molecule has 2 rings (SSSR count). The number of aromatic nitrogens is 2. The highest BCUT2D eigenvalue weighted by atomic mass is 16.2. The number of nitrogens with zero attached hydrogens (tertiary/aromatic N) is 1. The third kappa shape index (κ3) is 3.23. The second kappa shape index (κ2) is 6.01. The van der Waals surface area contributed by atoms with Crippen LogP contribution in [-0.4, -0.2) is 21.8 Å². The van der Waals surface area contributed by atoms with E-state index in [0.29, 0.717) is 23.5 Å². The first-order valence-electron chi connectivity index (χ1n) is 6.30. The van der Waals surface area contributed by atoms with E-state index in [-0.39, 0.29) is 11.8 Å². The molecule has 1 aromatic carbocycles. The van der Waals surface area contributed by atoms with Crippen LogP contribution < -0.4 is 10.6 Å². The molecule has 6 heteroatoms. The van der Waals surface area contributed by atoms with Gasteiger partial charge >= 0.3 is 0 Å². The molecule has 2 aromatic rings. The molecule has 20 heavy (non-hydrogen) atoms. The number of H-pyrrole nitrogens is 1. The second-order valence-corrected chi connectivity index (χ2v) is 4.35. The number of anilines is 2. The van der Waals surface area contributed by atoms with Crippen LogP contribution in [-0.2, 0) is 4.79 Å². The minimum atomic E-state index is -0.274. The van der Waals surface area contributed by atoms with Crippen LogP contribution >= 0.6 is 0 Å². The Bertz CT molecular complexity index is 620. The van der Waals surface area contributed by atoms with Gasteiger partial charge in [-0.1, -0.05) is 13.0 Å². The molecule has 0 saturated carbocycles. The highest BCUT2D eigenvalue weighted by Crippen LogP contribution is 2.21. The molecule has 3 N–H and O–H groups in total. The summed E-state index contributed by atoms with van der Waals surface area (Å²) < 4.78 is 0. The topological polar surface area (TPSA) is 86.9 Å². The number of nitrogens with one attached hydrogen (secondary N) is 3. The number of hydrogen-bond donors (Lipinski definition) is 3. The van der Waals surface area contributed by atoms with Gasteiger partial charge in [-0.3, -0.25) is 9.59 Å². The molecule has 6 nitrogen and oxygen atoms in total. The number of imidazole rings is 1. The van der Waals surface area contributed by atoms with Crippen LogP contribution in [0, 0.1) is 6.92 Å². The molecule has 0 saturated heterocycles. The molecule has 0 spiro atoms. The van der Waals surface area contributed by atoms with Crippen LogP contribution in [0.15, 0.2) is 30.7 Å². The SMILES string of the molecule is CCC(=O)Nc1ccc(C)c(NC(=O)c2cnc[nH]2)c1. The molecule has 0 fully saturated rings. The van der Waals surface area contributed by atoms with Crippen molar-refractivity contribution < 1.29 is 9.59 Å². The standard InChI is InChI=1S/C14H16N4O2/c1-3-13(19)17-10-5-4-9(2)11(6-10)18-14(20)12-7-15-8-16-12/h4-8H,3H2,1-2H3,(H,15,16)(H,17,19)(H,18,20). The van der Waals surface area contributed by atoms with Crippen LogP contribution in [0.4, 0.5) is 11.4 Å². The summed E-state index contributed by atoms with van der Waals surface area (Å²) >= 11 is 0. The summed E-state index contributed by atoms with van der Waals surface area (Å²) in [5, 5.41) is 5.54. The minimum absolute atomic E-state index is 0.0697. The van der Waals surface area contributed by atoms with Crippen molar-refractivity contribution in [3.8, 4) is 0 Å². The lowest BCUT2D eigenvalue weighted by Crippen LogP contribution is -2.14. The monoisotopic (exact) mass is 272 g/mol. The second-order valence-electron chi connectivity index (χ2n) is 4.35. The Morgan fingerprint density at radius 1 is 1.30 bits per heavy atom. The highest BCUT2D eigenvalue weighted by Gasteiger charge is 2.10. The fraction of sp³-hybridized carbons (Fsp3) is 0.214. The zero-order valence-electron chi connectivity index (χ0n) is 11.4. The summed E-state index contributed by atoms with van der Waals surface area (Å²) in [4.78, 5) is 29.9. The average molecular weight is 272 g/mol. The van der Waals surface area contributed by atoms with Gasteiger partial charge in [-0.2, -0.15) is 0 Å². The molecule has 1 heterocycles. The maximum Gasteiger partial charge on any atom is 0.273 e. The van der Waals surface area contributed by atoms with Gasteiger partial charge in [0.05, 0.1) is 12.5 Å². The smallest absolute Gasteiger partial charge is 0.273 e. The van der Waals surface area contributed by atoms with Gasteiger partial charge in [0, 0.05) is 17.8 Å². The molecular weight excluding hydrogens is 256 g/mol. The van der Waals surface area contributed by atoms with Crippen LogP contribution in [0.5, 0.6) is 0 Å². The van der Waals surface area contributed by atoms with E-state index in [1.807, 2.05) is 13.0 Å². The van der Waals surface area contributed by atoms with Crippen molar-refractivity contribution in [2.24, 2.45) is 0 Å². The van der Waals surface area contributed by atoms with E-state index < -0.39 is 0 Å². The van der Waals surface area contributed by atoms with Crippen LogP contribution in [0.25, 0.3) is 0 Å².